The molecule has 0 heterocycles. The van der Waals surface area contributed by atoms with Gasteiger partial charge in [-0.1, -0.05) is 23.2 Å². The standard InChI is InChI=1S/C12H17Cl2NO/c1-9(2)16-4-3-15-8-10-5-11(13)7-12(14)6-10/h5-7,9,15H,3-4,8H2,1-2H3. The Labute approximate surface area is 107 Å². The first kappa shape index (κ1) is 13.8. The van der Waals surface area contributed by atoms with Crippen molar-refractivity contribution in [3.05, 3.63) is 33.8 Å². The van der Waals surface area contributed by atoms with Gasteiger partial charge < -0.3 is 10.1 Å². The lowest BCUT2D eigenvalue weighted by Crippen LogP contribution is -2.20. The maximum absolute atomic E-state index is 5.89. The maximum atomic E-state index is 5.89. The van der Waals surface area contributed by atoms with Gasteiger partial charge in [-0.2, -0.15) is 0 Å². The Morgan fingerprint density at radius 1 is 1.19 bits per heavy atom. The second kappa shape index (κ2) is 7.13. The first-order valence-electron chi connectivity index (χ1n) is 5.35. The number of hydrogen-bond donors (Lipinski definition) is 1. The van der Waals surface area contributed by atoms with Crippen LogP contribution in [0.2, 0.25) is 10.0 Å². The Bertz CT molecular complexity index is 309. The molecule has 0 aliphatic rings. The van der Waals surface area contributed by atoms with Crippen LogP contribution in [0.3, 0.4) is 0 Å². The van der Waals surface area contributed by atoms with Gasteiger partial charge >= 0.3 is 0 Å². The van der Waals surface area contributed by atoms with Gasteiger partial charge in [-0.15, -0.1) is 0 Å². The first-order valence-corrected chi connectivity index (χ1v) is 6.11. The van der Waals surface area contributed by atoms with Crippen LogP contribution in [0.15, 0.2) is 18.2 Å². The molecule has 0 unspecified atom stereocenters. The minimum absolute atomic E-state index is 0.280. The Kier molecular flexibility index (Phi) is 6.14. The summed E-state index contributed by atoms with van der Waals surface area (Å²) in [5, 5.41) is 4.61. The topological polar surface area (TPSA) is 21.3 Å². The van der Waals surface area contributed by atoms with Crippen LogP contribution in [-0.2, 0) is 11.3 Å². The van der Waals surface area contributed by atoms with E-state index in [9.17, 15) is 0 Å². The molecule has 2 nitrogen and oxygen atoms in total. The van der Waals surface area contributed by atoms with Crippen molar-refractivity contribution in [1.82, 2.24) is 5.32 Å². The summed E-state index contributed by atoms with van der Waals surface area (Å²) in [4.78, 5) is 0. The van der Waals surface area contributed by atoms with Crippen molar-refractivity contribution >= 4 is 23.2 Å². The fourth-order valence-corrected chi connectivity index (χ4v) is 1.88. The van der Waals surface area contributed by atoms with E-state index in [1.807, 2.05) is 26.0 Å². The highest BCUT2D eigenvalue weighted by molar-refractivity contribution is 6.34. The van der Waals surface area contributed by atoms with Gasteiger partial charge in [0.1, 0.15) is 0 Å². The van der Waals surface area contributed by atoms with Crippen LogP contribution in [0.25, 0.3) is 0 Å². The molecular formula is C12H17Cl2NO. The summed E-state index contributed by atoms with van der Waals surface area (Å²) in [7, 11) is 0. The van der Waals surface area contributed by atoms with Crippen LogP contribution in [0.4, 0.5) is 0 Å². The molecule has 0 saturated heterocycles. The van der Waals surface area contributed by atoms with Gasteiger partial charge in [-0.25, -0.2) is 0 Å². The molecule has 0 bridgehead atoms. The van der Waals surface area contributed by atoms with Crippen molar-refractivity contribution in [2.24, 2.45) is 0 Å². The van der Waals surface area contributed by atoms with E-state index < -0.39 is 0 Å². The van der Waals surface area contributed by atoms with Crippen molar-refractivity contribution in [3.63, 3.8) is 0 Å². The second-order valence-electron chi connectivity index (χ2n) is 3.87. The van der Waals surface area contributed by atoms with Crippen molar-refractivity contribution in [3.8, 4) is 0 Å². The summed E-state index contributed by atoms with van der Waals surface area (Å²) in [6, 6.07) is 5.54. The van der Waals surface area contributed by atoms with E-state index in [2.05, 4.69) is 5.32 Å². The summed E-state index contributed by atoms with van der Waals surface area (Å²) < 4.78 is 5.41. The van der Waals surface area contributed by atoms with E-state index in [4.69, 9.17) is 27.9 Å². The molecule has 1 rings (SSSR count). The van der Waals surface area contributed by atoms with Crippen LogP contribution in [-0.4, -0.2) is 19.3 Å². The van der Waals surface area contributed by atoms with E-state index in [1.54, 1.807) is 6.07 Å². The number of halogens is 2. The van der Waals surface area contributed by atoms with Crippen LogP contribution in [0.5, 0.6) is 0 Å². The molecule has 0 atom stereocenters. The summed E-state index contributed by atoms with van der Waals surface area (Å²) in [6.07, 6.45) is 0.280. The fraction of sp³-hybridized carbons (Fsp3) is 0.500. The van der Waals surface area contributed by atoms with Crippen LogP contribution < -0.4 is 5.32 Å². The van der Waals surface area contributed by atoms with Crippen LogP contribution in [0.1, 0.15) is 19.4 Å². The molecule has 16 heavy (non-hydrogen) atoms. The first-order chi connectivity index (χ1) is 7.58. The fourth-order valence-electron chi connectivity index (χ4n) is 1.31. The third kappa shape index (κ3) is 5.71. The van der Waals surface area contributed by atoms with Gasteiger partial charge in [0.15, 0.2) is 0 Å². The summed E-state index contributed by atoms with van der Waals surface area (Å²) in [6.45, 7) is 6.34. The molecule has 0 aliphatic heterocycles. The lowest BCUT2D eigenvalue weighted by molar-refractivity contribution is 0.0807. The molecule has 0 spiro atoms. The van der Waals surface area contributed by atoms with Crippen molar-refractivity contribution < 1.29 is 4.74 Å². The zero-order valence-corrected chi connectivity index (χ0v) is 11.1. The van der Waals surface area contributed by atoms with E-state index in [0.717, 1.165) is 18.7 Å². The minimum Gasteiger partial charge on any atom is -0.377 e. The molecule has 0 fully saturated rings. The van der Waals surface area contributed by atoms with Crippen LogP contribution >= 0.6 is 23.2 Å². The summed E-state index contributed by atoms with van der Waals surface area (Å²) in [5.74, 6) is 0. The molecular weight excluding hydrogens is 245 g/mol. The Morgan fingerprint density at radius 2 is 1.81 bits per heavy atom. The average molecular weight is 262 g/mol. The SMILES string of the molecule is CC(C)OCCNCc1cc(Cl)cc(Cl)c1. The normalized spacial score (nSPS) is 11.1. The molecule has 1 aromatic rings. The largest absolute Gasteiger partial charge is 0.377 e. The molecule has 0 radical (unpaired) electrons. The number of ether oxygens (including phenoxy) is 1. The molecule has 90 valence electrons. The Morgan fingerprint density at radius 3 is 2.38 bits per heavy atom. The highest BCUT2D eigenvalue weighted by Gasteiger charge is 1.98. The van der Waals surface area contributed by atoms with Gasteiger partial charge in [0.25, 0.3) is 0 Å². The van der Waals surface area contributed by atoms with Gasteiger partial charge in [0.2, 0.25) is 0 Å². The molecule has 1 aromatic carbocycles. The van der Waals surface area contributed by atoms with E-state index >= 15 is 0 Å². The quantitative estimate of drug-likeness (QED) is 0.792. The number of nitrogens with one attached hydrogen (secondary N) is 1. The van der Waals surface area contributed by atoms with Gasteiger partial charge in [0.05, 0.1) is 12.7 Å². The molecule has 0 saturated carbocycles. The molecule has 4 heteroatoms. The predicted octanol–water partition coefficient (Wildman–Crippen LogP) is 3.51. The monoisotopic (exact) mass is 261 g/mol. The van der Waals surface area contributed by atoms with Crippen molar-refractivity contribution in [1.29, 1.82) is 0 Å². The van der Waals surface area contributed by atoms with Gasteiger partial charge in [-0.05, 0) is 37.6 Å². The summed E-state index contributed by atoms with van der Waals surface area (Å²) >= 11 is 11.8. The predicted molar refractivity (Wildman–Crippen MR) is 69.3 cm³/mol. The molecule has 0 amide bonds. The summed E-state index contributed by atoms with van der Waals surface area (Å²) in [5.41, 5.74) is 1.09. The van der Waals surface area contributed by atoms with Crippen molar-refractivity contribution in [2.75, 3.05) is 13.2 Å². The smallest absolute Gasteiger partial charge is 0.0594 e. The molecule has 0 aliphatic carbocycles. The minimum atomic E-state index is 0.280. The third-order valence-electron chi connectivity index (χ3n) is 1.98. The maximum Gasteiger partial charge on any atom is 0.0594 e. The highest BCUT2D eigenvalue weighted by atomic mass is 35.5. The average Bonchev–Trinajstić information content (AvgIpc) is 2.15. The Hall–Kier alpha value is -0.280. The zero-order chi connectivity index (χ0) is 12.0. The zero-order valence-electron chi connectivity index (χ0n) is 9.59. The highest BCUT2D eigenvalue weighted by Crippen LogP contribution is 2.18. The van der Waals surface area contributed by atoms with E-state index in [1.165, 1.54) is 0 Å². The molecule has 1 N–H and O–H groups in total. The number of benzene rings is 1. The third-order valence-corrected chi connectivity index (χ3v) is 2.42. The van der Waals surface area contributed by atoms with Crippen molar-refractivity contribution in [2.45, 2.75) is 26.5 Å². The van der Waals surface area contributed by atoms with E-state index in [0.29, 0.717) is 16.7 Å². The lowest BCUT2D eigenvalue weighted by atomic mass is 10.2. The van der Waals surface area contributed by atoms with Gasteiger partial charge in [-0.3, -0.25) is 0 Å². The second-order valence-corrected chi connectivity index (χ2v) is 4.75. The Balaban J connectivity index is 2.26. The van der Waals surface area contributed by atoms with Gasteiger partial charge in [0, 0.05) is 23.1 Å². The lowest BCUT2D eigenvalue weighted by Gasteiger charge is -2.09. The molecule has 0 aromatic heterocycles. The van der Waals surface area contributed by atoms with E-state index in [-0.39, 0.29) is 6.10 Å². The van der Waals surface area contributed by atoms with Crippen LogP contribution in [0, 0.1) is 0 Å². The number of rotatable bonds is 6. The number of hydrogen-bond acceptors (Lipinski definition) is 2.